The van der Waals surface area contributed by atoms with E-state index < -0.39 is 0 Å². The number of nitrogens with zero attached hydrogens (tertiary/aromatic N) is 2. The van der Waals surface area contributed by atoms with Gasteiger partial charge in [-0.05, 0) is 42.8 Å². The first-order valence-electron chi connectivity index (χ1n) is 7.69. The van der Waals surface area contributed by atoms with E-state index in [-0.39, 0.29) is 5.78 Å². The Morgan fingerprint density at radius 1 is 1.36 bits per heavy atom. The second-order valence-corrected chi connectivity index (χ2v) is 7.26. The van der Waals surface area contributed by atoms with Crippen LogP contribution in [0.15, 0.2) is 48.8 Å². The van der Waals surface area contributed by atoms with Gasteiger partial charge in [-0.15, -0.1) is 11.3 Å². The Morgan fingerprint density at radius 2 is 2.20 bits per heavy atom. The molecule has 0 N–H and O–H groups in total. The molecule has 3 aromatic rings. The number of benzene rings is 1. The maximum Gasteiger partial charge on any atom is 0.195 e. The number of hydrogen-bond donors (Lipinski definition) is 0. The van der Waals surface area contributed by atoms with Gasteiger partial charge in [0, 0.05) is 16.6 Å². The number of carbonyl (C=O) groups is 1. The smallest absolute Gasteiger partial charge is 0.195 e. The molecule has 2 aromatic heterocycles. The van der Waals surface area contributed by atoms with Crippen LogP contribution in [-0.4, -0.2) is 22.7 Å². The van der Waals surface area contributed by atoms with Gasteiger partial charge in [-0.2, -0.15) is 5.10 Å². The van der Waals surface area contributed by atoms with E-state index >= 15 is 0 Å². The zero-order valence-electron chi connectivity index (χ0n) is 13.9. The number of aromatic nitrogens is 2. The Balaban J connectivity index is 1.81. The minimum absolute atomic E-state index is 0.00864. The topological polar surface area (TPSA) is 44.1 Å². The van der Waals surface area contributed by atoms with Crippen LogP contribution in [0.3, 0.4) is 0 Å². The first-order valence-corrected chi connectivity index (χ1v) is 8.88. The number of hydrogen-bond acceptors (Lipinski definition) is 4. The van der Waals surface area contributed by atoms with Gasteiger partial charge in [-0.3, -0.25) is 9.48 Å². The highest BCUT2D eigenvalue weighted by Gasteiger charge is 2.07. The Morgan fingerprint density at radius 3 is 2.84 bits per heavy atom. The fraction of sp³-hybridized carbons (Fsp3) is 0.158. The van der Waals surface area contributed by atoms with Crippen LogP contribution < -0.4 is 4.74 Å². The molecule has 0 saturated carbocycles. The summed E-state index contributed by atoms with van der Waals surface area (Å²) in [5.74, 6) is 0.776. The van der Waals surface area contributed by atoms with Crippen molar-refractivity contribution < 1.29 is 9.53 Å². The summed E-state index contributed by atoms with van der Waals surface area (Å²) in [6, 6.07) is 9.60. The normalized spacial score (nSPS) is 11.2. The average Bonchev–Trinajstić information content (AvgIpc) is 3.21. The van der Waals surface area contributed by atoms with Crippen LogP contribution in [0.25, 0.3) is 6.08 Å². The molecule has 2 heterocycles. The number of aryl methyl sites for hydroxylation is 1. The highest BCUT2D eigenvalue weighted by Crippen LogP contribution is 2.23. The van der Waals surface area contributed by atoms with E-state index in [0.717, 1.165) is 26.6 Å². The van der Waals surface area contributed by atoms with E-state index in [1.807, 2.05) is 43.3 Å². The molecule has 4 nitrogen and oxygen atoms in total. The Hall–Kier alpha value is -2.37. The number of ether oxygens (including phenoxy) is 1. The zero-order chi connectivity index (χ0) is 17.8. The van der Waals surface area contributed by atoms with Gasteiger partial charge in [0.15, 0.2) is 5.78 Å². The molecule has 0 spiro atoms. The molecule has 128 valence electrons. The standard InChI is InChI=1S/C19H17ClN2O2S/c1-13-3-8-19(25-13)17(23)6-4-14-5-7-18(24-2)15(9-14)11-22-12-16(20)10-21-22/h3-10,12H,11H2,1-2H3/b6-4+. The van der Waals surface area contributed by atoms with Crippen molar-refractivity contribution in [3.8, 4) is 5.75 Å². The fourth-order valence-electron chi connectivity index (χ4n) is 2.45. The monoisotopic (exact) mass is 372 g/mol. The molecular formula is C19H17ClN2O2S. The Kier molecular flexibility index (Phi) is 5.36. The Labute approximate surface area is 155 Å². The van der Waals surface area contributed by atoms with Crippen LogP contribution in [0.1, 0.15) is 25.7 Å². The van der Waals surface area contributed by atoms with Crippen molar-refractivity contribution in [1.82, 2.24) is 9.78 Å². The van der Waals surface area contributed by atoms with E-state index in [0.29, 0.717) is 11.6 Å². The lowest BCUT2D eigenvalue weighted by Crippen LogP contribution is -2.02. The van der Waals surface area contributed by atoms with Crippen molar-refractivity contribution in [3.05, 3.63) is 74.7 Å². The average molecular weight is 373 g/mol. The van der Waals surface area contributed by atoms with E-state index in [1.54, 1.807) is 30.3 Å². The molecule has 0 radical (unpaired) electrons. The summed E-state index contributed by atoms with van der Waals surface area (Å²) in [6.07, 6.45) is 6.77. The molecule has 0 aliphatic carbocycles. The van der Waals surface area contributed by atoms with E-state index in [9.17, 15) is 4.79 Å². The molecule has 3 rings (SSSR count). The molecule has 0 bridgehead atoms. The quantitative estimate of drug-likeness (QED) is 0.458. The lowest BCUT2D eigenvalue weighted by atomic mass is 10.1. The molecular weight excluding hydrogens is 356 g/mol. The van der Waals surface area contributed by atoms with Crippen molar-refractivity contribution in [2.45, 2.75) is 13.5 Å². The number of ketones is 1. The summed E-state index contributed by atoms with van der Waals surface area (Å²) < 4.78 is 7.16. The molecule has 0 aliphatic heterocycles. The highest BCUT2D eigenvalue weighted by atomic mass is 35.5. The number of allylic oxidation sites excluding steroid dienone is 1. The van der Waals surface area contributed by atoms with Crippen molar-refractivity contribution in [3.63, 3.8) is 0 Å². The van der Waals surface area contributed by atoms with E-state index in [2.05, 4.69) is 5.10 Å². The van der Waals surface area contributed by atoms with E-state index in [4.69, 9.17) is 16.3 Å². The highest BCUT2D eigenvalue weighted by molar-refractivity contribution is 7.14. The predicted molar refractivity (Wildman–Crippen MR) is 102 cm³/mol. The third-order valence-corrected chi connectivity index (χ3v) is 4.86. The lowest BCUT2D eigenvalue weighted by Gasteiger charge is -2.09. The van der Waals surface area contributed by atoms with Crippen LogP contribution in [0.2, 0.25) is 5.02 Å². The predicted octanol–water partition coefficient (Wildman–Crippen LogP) is 4.86. The van der Waals surface area contributed by atoms with Gasteiger partial charge in [0.25, 0.3) is 0 Å². The number of methoxy groups -OCH3 is 1. The third-order valence-electron chi connectivity index (χ3n) is 3.65. The third kappa shape index (κ3) is 4.38. The molecule has 0 atom stereocenters. The van der Waals surface area contributed by atoms with Crippen LogP contribution in [-0.2, 0) is 6.54 Å². The van der Waals surface area contributed by atoms with Gasteiger partial charge in [0.1, 0.15) is 5.75 Å². The van der Waals surface area contributed by atoms with Crippen LogP contribution >= 0.6 is 22.9 Å². The molecule has 0 saturated heterocycles. The van der Waals surface area contributed by atoms with Crippen LogP contribution in [0.4, 0.5) is 0 Å². The van der Waals surface area contributed by atoms with Gasteiger partial charge in [-0.25, -0.2) is 0 Å². The molecule has 0 unspecified atom stereocenters. The number of carbonyl (C=O) groups excluding carboxylic acids is 1. The van der Waals surface area contributed by atoms with Crippen LogP contribution in [0, 0.1) is 6.92 Å². The van der Waals surface area contributed by atoms with E-state index in [1.165, 1.54) is 11.3 Å². The van der Waals surface area contributed by atoms with Gasteiger partial charge in [0.05, 0.1) is 29.8 Å². The number of halogens is 1. The fourth-order valence-corrected chi connectivity index (χ4v) is 3.39. The van der Waals surface area contributed by atoms with Gasteiger partial charge >= 0.3 is 0 Å². The minimum Gasteiger partial charge on any atom is -0.496 e. The first kappa shape index (κ1) is 17.5. The zero-order valence-corrected chi connectivity index (χ0v) is 15.5. The van der Waals surface area contributed by atoms with Gasteiger partial charge in [-0.1, -0.05) is 23.7 Å². The first-order chi connectivity index (χ1) is 12.0. The number of rotatable bonds is 6. The summed E-state index contributed by atoms with van der Waals surface area (Å²) in [7, 11) is 1.63. The SMILES string of the molecule is COc1ccc(/C=C/C(=O)c2ccc(C)s2)cc1Cn1cc(Cl)cn1. The maximum absolute atomic E-state index is 12.2. The molecule has 6 heteroatoms. The molecule has 0 aliphatic rings. The van der Waals surface area contributed by atoms with Crippen LogP contribution in [0.5, 0.6) is 5.75 Å². The summed E-state index contributed by atoms with van der Waals surface area (Å²) in [5.41, 5.74) is 1.89. The maximum atomic E-state index is 12.2. The van der Waals surface area contributed by atoms with Crippen molar-refractivity contribution >= 4 is 34.8 Å². The molecule has 25 heavy (non-hydrogen) atoms. The molecule has 0 fully saturated rings. The summed E-state index contributed by atoms with van der Waals surface area (Å²) in [4.78, 5) is 14.1. The van der Waals surface area contributed by atoms with Gasteiger partial charge < -0.3 is 4.74 Å². The molecule has 1 aromatic carbocycles. The summed E-state index contributed by atoms with van der Waals surface area (Å²) in [6.45, 7) is 2.53. The summed E-state index contributed by atoms with van der Waals surface area (Å²) >= 11 is 7.41. The van der Waals surface area contributed by atoms with Crippen molar-refractivity contribution in [2.24, 2.45) is 0 Å². The second kappa shape index (κ2) is 7.68. The number of thiophene rings is 1. The minimum atomic E-state index is 0.00864. The van der Waals surface area contributed by atoms with Crippen molar-refractivity contribution in [1.29, 1.82) is 0 Å². The summed E-state index contributed by atoms with van der Waals surface area (Å²) in [5, 5.41) is 4.78. The second-order valence-electron chi connectivity index (χ2n) is 5.54. The lowest BCUT2D eigenvalue weighted by molar-refractivity contribution is 0.105. The molecule has 0 amide bonds. The Bertz CT molecular complexity index is 927. The van der Waals surface area contributed by atoms with Crippen molar-refractivity contribution in [2.75, 3.05) is 7.11 Å². The largest absolute Gasteiger partial charge is 0.496 e. The van der Waals surface area contributed by atoms with Gasteiger partial charge in [0.2, 0.25) is 0 Å².